The number of likely N-dealkylation sites (N-methyl/N-ethyl adjacent to an activating group) is 1. The standard InChI is InChI=1S/C11H17N3OS/c1-14(5-6-15-2)8-9-3-4-13-10(7-9)11(12)16/h3-4,7H,5-6,8H2,1-2H3,(H2,12,16). The molecule has 2 N–H and O–H groups in total. The number of aromatic nitrogens is 1. The third-order valence-electron chi connectivity index (χ3n) is 2.21. The predicted octanol–water partition coefficient (Wildman–Crippen LogP) is 0.794. The first-order chi connectivity index (χ1) is 7.63. The lowest BCUT2D eigenvalue weighted by atomic mass is 10.2. The highest BCUT2D eigenvalue weighted by Gasteiger charge is 2.03. The van der Waals surface area contributed by atoms with E-state index < -0.39 is 0 Å². The molecule has 0 aliphatic carbocycles. The number of methoxy groups -OCH3 is 1. The maximum absolute atomic E-state index is 5.53. The maximum Gasteiger partial charge on any atom is 0.122 e. The van der Waals surface area contributed by atoms with Crippen molar-refractivity contribution in [2.75, 3.05) is 27.3 Å². The van der Waals surface area contributed by atoms with Crippen LogP contribution < -0.4 is 5.73 Å². The van der Waals surface area contributed by atoms with E-state index in [1.807, 2.05) is 19.2 Å². The second kappa shape index (κ2) is 6.52. The molecule has 1 aromatic heterocycles. The maximum atomic E-state index is 5.53. The molecular weight excluding hydrogens is 222 g/mol. The van der Waals surface area contributed by atoms with Gasteiger partial charge in [-0.25, -0.2) is 0 Å². The highest BCUT2D eigenvalue weighted by atomic mass is 32.1. The fourth-order valence-corrected chi connectivity index (χ4v) is 1.46. The van der Waals surface area contributed by atoms with Crippen LogP contribution in [0.1, 0.15) is 11.3 Å². The first-order valence-corrected chi connectivity index (χ1v) is 5.46. The van der Waals surface area contributed by atoms with Gasteiger partial charge >= 0.3 is 0 Å². The van der Waals surface area contributed by atoms with Crippen LogP contribution in [-0.2, 0) is 11.3 Å². The number of ether oxygens (including phenoxy) is 1. The third-order valence-corrected chi connectivity index (χ3v) is 2.42. The zero-order valence-corrected chi connectivity index (χ0v) is 10.5. The lowest BCUT2D eigenvalue weighted by Gasteiger charge is -2.16. The molecule has 0 saturated heterocycles. The molecule has 1 aromatic rings. The Balaban J connectivity index is 2.59. The molecule has 0 amide bonds. The van der Waals surface area contributed by atoms with Crippen LogP contribution >= 0.6 is 12.2 Å². The Kier molecular flexibility index (Phi) is 5.31. The van der Waals surface area contributed by atoms with Crippen molar-refractivity contribution in [2.45, 2.75) is 6.54 Å². The van der Waals surface area contributed by atoms with Gasteiger partial charge in [0.1, 0.15) is 4.99 Å². The topological polar surface area (TPSA) is 51.4 Å². The van der Waals surface area contributed by atoms with Crippen molar-refractivity contribution in [1.82, 2.24) is 9.88 Å². The molecule has 0 spiro atoms. The van der Waals surface area contributed by atoms with Gasteiger partial charge in [0.05, 0.1) is 12.3 Å². The van der Waals surface area contributed by atoms with E-state index in [0.717, 1.165) is 25.3 Å². The van der Waals surface area contributed by atoms with Crippen LogP contribution in [-0.4, -0.2) is 42.2 Å². The number of nitrogens with zero attached hydrogens (tertiary/aromatic N) is 2. The summed E-state index contributed by atoms with van der Waals surface area (Å²) >= 11 is 4.89. The predicted molar refractivity (Wildman–Crippen MR) is 68.3 cm³/mol. The van der Waals surface area contributed by atoms with Crippen molar-refractivity contribution in [3.63, 3.8) is 0 Å². The molecule has 0 aliphatic heterocycles. The largest absolute Gasteiger partial charge is 0.388 e. The van der Waals surface area contributed by atoms with Gasteiger partial charge in [0.15, 0.2) is 0 Å². The Morgan fingerprint density at radius 2 is 2.38 bits per heavy atom. The van der Waals surface area contributed by atoms with Gasteiger partial charge in [-0.2, -0.15) is 0 Å². The zero-order chi connectivity index (χ0) is 12.0. The van der Waals surface area contributed by atoms with Crippen LogP contribution in [0.15, 0.2) is 18.3 Å². The normalized spacial score (nSPS) is 10.7. The molecule has 88 valence electrons. The Hall–Kier alpha value is -1.04. The second-order valence-corrected chi connectivity index (χ2v) is 4.08. The smallest absolute Gasteiger partial charge is 0.122 e. The van der Waals surface area contributed by atoms with E-state index in [9.17, 15) is 0 Å². The van der Waals surface area contributed by atoms with E-state index in [4.69, 9.17) is 22.7 Å². The molecule has 0 fully saturated rings. The van der Waals surface area contributed by atoms with Crippen molar-refractivity contribution in [3.05, 3.63) is 29.6 Å². The molecule has 16 heavy (non-hydrogen) atoms. The molecule has 1 heterocycles. The Morgan fingerprint density at radius 3 is 3.00 bits per heavy atom. The minimum absolute atomic E-state index is 0.335. The van der Waals surface area contributed by atoms with Crippen LogP contribution in [0.3, 0.4) is 0 Å². The fourth-order valence-electron chi connectivity index (χ4n) is 1.35. The van der Waals surface area contributed by atoms with Crippen molar-refractivity contribution in [3.8, 4) is 0 Å². The van der Waals surface area contributed by atoms with Gasteiger partial charge in [0.2, 0.25) is 0 Å². The molecule has 4 nitrogen and oxygen atoms in total. The van der Waals surface area contributed by atoms with Crippen molar-refractivity contribution in [1.29, 1.82) is 0 Å². The van der Waals surface area contributed by atoms with Crippen LogP contribution in [0.2, 0.25) is 0 Å². The van der Waals surface area contributed by atoms with Crippen LogP contribution in [0.25, 0.3) is 0 Å². The highest BCUT2D eigenvalue weighted by Crippen LogP contribution is 2.04. The summed E-state index contributed by atoms with van der Waals surface area (Å²) in [4.78, 5) is 6.60. The number of pyridine rings is 1. The number of nitrogens with two attached hydrogens (primary N) is 1. The van der Waals surface area contributed by atoms with Gasteiger partial charge in [-0.15, -0.1) is 0 Å². The molecule has 0 aliphatic rings. The van der Waals surface area contributed by atoms with Gasteiger partial charge in [-0.3, -0.25) is 9.88 Å². The first-order valence-electron chi connectivity index (χ1n) is 5.05. The SMILES string of the molecule is COCCN(C)Cc1ccnc(C(N)=S)c1. The summed E-state index contributed by atoms with van der Waals surface area (Å²) in [6, 6.07) is 3.89. The summed E-state index contributed by atoms with van der Waals surface area (Å²) in [5, 5.41) is 0. The monoisotopic (exact) mass is 239 g/mol. The third kappa shape index (κ3) is 4.22. The number of thiocarbonyl (C=S) groups is 1. The molecule has 5 heteroatoms. The number of hydrogen-bond donors (Lipinski definition) is 1. The minimum atomic E-state index is 0.335. The molecule has 0 atom stereocenters. The second-order valence-electron chi connectivity index (χ2n) is 3.64. The molecule has 0 saturated carbocycles. The lowest BCUT2D eigenvalue weighted by Crippen LogP contribution is -2.22. The summed E-state index contributed by atoms with van der Waals surface area (Å²) in [7, 11) is 3.74. The van der Waals surface area contributed by atoms with E-state index in [-0.39, 0.29) is 0 Å². The van der Waals surface area contributed by atoms with Crippen molar-refractivity contribution in [2.24, 2.45) is 5.73 Å². The van der Waals surface area contributed by atoms with Crippen LogP contribution in [0.4, 0.5) is 0 Å². The van der Waals surface area contributed by atoms with E-state index in [0.29, 0.717) is 10.7 Å². The molecule has 0 bridgehead atoms. The number of rotatable bonds is 6. The Morgan fingerprint density at radius 1 is 1.62 bits per heavy atom. The van der Waals surface area contributed by atoms with Crippen LogP contribution in [0, 0.1) is 0 Å². The van der Waals surface area contributed by atoms with Gasteiger partial charge in [0, 0.05) is 26.4 Å². The first kappa shape index (κ1) is 13.0. The van der Waals surface area contributed by atoms with Gasteiger partial charge in [-0.1, -0.05) is 12.2 Å². The van der Waals surface area contributed by atoms with E-state index in [2.05, 4.69) is 9.88 Å². The Labute approximate surface area is 101 Å². The van der Waals surface area contributed by atoms with Gasteiger partial charge < -0.3 is 10.5 Å². The average molecular weight is 239 g/mol. The summed E-state index contributed by atoms with van der Waals surface area (Å²) < 4.78 is 5.02. The molecule has 0 unspecified atom stereocenters. The molecule has 0 radical (unpaired) electrons. The fraction of sp³-hybridized carbons (Fsp3) is 0.455. The molecular formula is C11H17N3OS. The summed E-state index contributed by atoms with van der Waals surface area (Å²) in [5.41, 5.74) is 7.35. The molecule has 1 rings (SSSR count). The van der Waals surface area contributed by atoms with E-state index >= 15 is 0 Å². The van der Waals surface area contributed by atoms with Crippen LogP contribution in [0.5, 0.6) is 0 Å². The van der Waals surface area contributed by atoms with Crippen molar-refractivity contribution < 1.29 is 4.74 Å². The van der Waals surface area contributed by atoms with Gasteiger partial charge in [-0.05, 0) is 24.7 Å². The van der Waals surface area contributed by atoms with E-state index in [1.54, 1.807) is 13.3 Å². The average Bonchev–Trinajstić information content (AvgIpc) is 2.26. The van der Waals surface area contributed by atoms with Gasteiger partial charge in [0.25, 0.3) is 0 Å². The molecule has 0 aromatic carbocycles. The number of hydrogen-bond acceptors (Lipinski definition) is 4. The minimum Gasteiger partial charge on any atom is -0.388 e. The summed E-state index contributed by atoms with van der Waals surface area (Å²) in [6.07, 6.45) is 1.73. The quantitative estimate of drug-likeness (QED) is 0.744. The van der Waals surface area contributed by atoms with Crippen molar-refractivity contribution >= 4 is 17.2 Å². The lowest BCUT2D eigenvalue weighted by molar-refractivity contribution is 0.158. The Bertz CT molecular complexity index is 357. The zero-order valence-electron chi connectivity index (χ0n) is 9.64. The summed E-state index contributed by atoms with van der Waals surface area (Å²) in [5.74, 6) is 0. The highest BCUT2D eigenvalue weighted by molar-refractivity contribution is 7.80. The van der Waals surface area contributed by atoms with E-state index in [1.165, 1.54) is 0 Å². The summed E-state index contributed by atoms with van der Waals surface area (Å²) in [6.45, 7) is 2.45.